The zero-order valence-electron chi connectivity index (χ0n) is 23.6. The van der Waals surface area contributed by atoms with Crippen LogP contribution in [0.25, 0.3) is 0 Å². The second-order valence-electron chi connectivity index (χ2n) is 12.6. The van der Waals surface area contributed by atoms with Crippen molar-refractivity contribution in [2.24, 2.45) is 11.8 Å². The summed E-state index contributed by atoms with van der Waals surface area (Å²) >= 11 is 0. The van der Waals surface area contributed by atoms with Gasteiger partial charge in [0.1, 0.15) is 48.8 Å². The van der Waals surface area contributed by atoms with Gasteiger partial charge in [-0.25, -0.2) is 0 Å². The van der Waals surface area contributed by atoms with Gasteiger partial charge in [0.25, 0.3) is 0 Å². The lowest BCUT2D eigenvalue weighted by atomic mass is 9.72. The van der Waals surface area contributed by atoms with E-state index in [-0.39, 0.29) is 31.6 Å². The molecule has 5 rings (SSSR count). The summed E-state index contributed by atoms with van der Waals surface area (Å²) in [5.41, 5.74) is 0. The lowest BCUT2D eigenvalue weighted by molar-refractivity contribution is -0.344. The zero-order valence-corrected chi connectivity index (χ0v) is 23.6. The molecule has 0 bridgehead atoms. The van der Waals surface area contributed by atoms with Crippen LogP contribution in [-0.4, -0.2) is 174 Å². The Kier molecular flexibility index (Phi) is 11.0. The van der Waals surface area contributed by atoms with Crippen LogP contribution in [0.4, 0.5) is 0 Å². The fourth-order valence-corrected chi connectivity index (χ4v) is 7.24. The van der Waals surface area contributed by atoms with E-state index in [1.54, 1.807) is 0 Å². The Labute approximate surface area is 248 Å². The first kappa shape index (κ1) is 33.7. The molecule has 3 heterocycles. The van der Waals surface area contributed by atoms with Crippen molar-refractivity contribution in [3.05, 3.63) is 0 Å². The summed E-state index contributed by atoms with van der Waals surface area (Å²) < 4.78 is 29.9. The van der Waals surface area contributed by atoms with Crippen molar-refractivity contribution in [1.29, 1.82) is 0 Å². The first-order valence-corrected chi connectivity index (χ1v) is 15.0. The quantitative estimate of drug-likeness (QED) is 0.126. The van der Waals surface area contributed by atoms with Gasteiger partial charge in [0.05, 0.1) is 55.9 Å². The van der Waals surface area contributed by atoms with Crippen LogP contribution in [0.3, 0.4) is 0 Å². The number of fused-ring (bicyclic) bond motifs is 1. The highest BCUT2D eigenvalue weighted by Gasteiger charge is 2.54. The minimum atomic E-state index is -1.68. The summed E-state index contributed by atoms with van der Waals surface area (Å²) in [6.07, 6.45) is -19.5. The number of rotatable bonds is 7. The van der Waals surface area contributed by atoms with E-state index in [2.05, 4.69) is 0 Å². The van der Waals surface area contributed by atoms with Crippen molar-refractivity contribution in [3.8, 4) is 0 Å². The van der Waals surface area contributed by atoms with E-state index in [1.165, 1.54) is 0 Å². The molecule has 0 aromatic rings. The number of aliphatic hydroxyl groups excluding tert-OH is 11. The van der Waals surface area contributed by atoms with Gasteiger partial charge in [0.2, 0.25) is 0 Å². The molecule has 0 amide bonds. The average molecular weight is 627 g/mol. The molecular weight excluding hydrogens is 580 g/mol. The smallest absolute Gasteiger partial charge is 0.187 e. The zero-order chi connectivity index (χ0) is 31.2. The Morgan fingerprint density at radius 3 is 1.63 bits per heavy atom. The molecule has 9 unspecified atom stereocenters. The molecule has 0 aromatic heterocycles. The monoisotopic (exact) mass is 626 g/mol. The SMILES string of the molecule is OC[C@H]1O[C@@H](OC2CC3C(CC(O)CC3O[C@@H]3O[C@H](CO)[C@@H](O)[C@H](O)[C@H]3O)OC2C2CCC(O)C(O)C2)[C@H](O)[C@@H](O)[C@H]1O. The fraction of sp³-hybridized carbons (Fsp3) is 1.00. The molecule has 250 valence electrons. The molecule has 3 saturated heterocycles. The van der Waals surface area contributed by atoms with Crippen molar-refractivity contribution in [2.75, 3.05) is 13.2 Å². The number of hydrogen-bond donors (Lipinski definition) is 11. The topological polar surface area (TPSA) is 269 Å². The van der Waals surface area contributed by atoms with Gasteiger partial charge in [-0.1, -0.05) is 0 Å². The van der Waals surface area contributed by atoms with Crippen LogP contribution in [0.15, 0.2) is 0 Å². The van der Waals surface area contributed by atoms with E-state index < -0.39 is 123 Å². The van der Waals surface area contributed by atoms with Crippen LogP contribution in [0, 0.1) is 11.8 Å². The summed E-state index contributed by atoms with van der Waals surface area (Å²) in [4.78, 5) is 0. The maximum Gasteiger partial charge on any atom is 0.187 e. The van der Waals surface area contributed by atoms with Crippen molar-refractivity contribution in [1.82, 2.24) is 0 Å². The molecule has 16 nitrogen and oxygen atoms in total. The number of ether oxygens (including phenoxy) is 5. The van der Waals surface area contributed by atoms with Gasteiger partial charge in [-0.05, 0) is 38.0 Å². The summed E-state index contributed by atoms with van der Waals surface area (Å²) in [6, 6.07) is 0. The lowest BCUT2D eigenvalue weighted by Crippen LogP contribution is -2.63. The Balaban J connectivity index is 1.38. The van der Waals surface area contributed by atoms with Crippen LogP contribution in [0.1, 0.15) is 38.5 Å². The largest absolute Gasteiger partial charge is 0.394 e. The Bertz CT molecular complexity index is 895. The predicted molar refractivity (Wildman–Crippen MR) is 139 cm³/mol. The third-order valence-corrected chi connectivity index (χ3v) is 9.77. The highest BCUT2D eigenvalue weighted by molar-refractivity contribution is 5.00. The molecule has 5 fully saturated rings. The summed E-state index contributed by atoms with van der Waals surface area (Å²) in [6.45, 7) is -1.30. The minimum Gasteiger partial charge on any atom is -0.394 e. The third kappa shape index (κ3) is 6.90. The molecule has 2 aliphatic carbocycles. The van der Waals surface area contributed by atoms with Crippen molar-refractivity contribution in [2.45, 2.75) is 143 Å². The van der Waals surface area contributed by atoms with Crippen LogP contribution in [0.5, 0.6) is 0 Å². The van der Waals surface area contributed by atoms with E-state index in [1.807, 2.05) is 0 Å². The van der Waals surface area contributed by atoms with Gasteiger partial charge >= 0.3 is 0 Å². The molecular formula is C27H46O16. The first-order valence-electron chi connectivity index (χ1n) is 15.0. The molecule has 2 saturated carbocycles. The van der Waals surface area contributed by atoms with Crippen molar-refractivity contribution < 1.29 is 79.9 Å². The molecule has 0 radical (unpaired) electrons. The van der Waals surface area contributed by atoms with Gasteiger partial charge in [-0.3, -0.25) is 0 Å². The molecule has 0 spiro atoms. The fourth-order valence-electron chi connectivity index (χ4n) is 7.24. The normalized spacial score (nSPS) is 54.6. The van der Waals surface area contributed by atoms with Gasteiger partial charge in [0.15, 0.2) is 12.6 Å². The van der Waals surface area contributed by atoms with E-state index in [9.17, 15) is 56.2 Å². The molecule has 43 heavy (non-hydrogen) atoms. The highest BCUT2D eigenvalue weighted by Crippen LogP contribution is 2.45. The number of hydrogen-bond acceptors (Lipinski definition) is 16. The minimum absolute atomic E-state index is 0.0886. The maximum atomic E-state index is 10.7. The van der Waals surface area contributed by atoms with Crippen LogP contribution in [-0.2, 0) is 23.7 Å². The van der Waals surface area contributed by atoms with Gasteiger partial charge in [-0.2, -0.15) is 0 Å². The molecule has 0 aromatic carbocycles. The Morgan fingerprint density at radius 1 is 0.535 bits per heavy atom. The second-order valence-corrected chi connectivity index (χ2v) is 12.6. The van der Waals surface area contributed by atoms with Crippen LogP contribution in [0.2, 0.25) is 0 Å². The van der Waals surface area contributed by atoms with E-state index in [0.29, 0.717) is 12.8 Å². The Hall–Kier alpha value is -0.640. The molecule has 19 atom stereocenters. The average Bonchev–Trinajstić information content (AvgIpc) is 2.98. The predicted octanol–water partition coefficient (Wildman–Crippen LogP) is -5.19. The van der Waals surface area contributed by atoms with Crippen LogP contribution >= 0.6 is 0 Å². The van der Waals surface area contributed by atoms with Gasteiger partial charge in [0, 0.05) is 12.3 Å². The standard InChI is InChI=1S/C27H46O16/c28-7-17-19(33)21(35)23(37)26(42-17)40-15-5-10(30)4-14-11(15)6-16(25(39-14)9-1-2-12(31)13(32)3-9)41-27-24(38)22(36)20(34)18(8-29)43-27/h9-38H,1-8H2/t9?,10?,11?,12?,13?,14?,15?,16?,17-,18-,19-,20+,21+,22+,23-,24-,25?,26-,27-/m1/s1. The van der Waals surface area contributed by atoms with Crippen molar-refractivity contribution >= 4 is 0 Å². The van der Waals surface area contributed by atoms with Gasteiger partial charge < -0.3 is 79.9 Å². The van der Waals surface area contributed by atoms with E-state index >= 15 is 0 Å². The van der Waals surface area contributed by atoms with Crippen LogP contribution < -0.4 is 0 Å². The van der Waals surface area contributed by atoms with E-state index in [4.69, 9.17) is 23.7 Å². The second kappa shape index (κ2) is 14.0. The molecule has 3 aliphatic heterocycles. The summed E-state index contributed by atoms with van der Waals surface area (Å²) in [5, 5.41) is 113. The van der Waals surface area contributed by atoms with E-state index in [0.717, 1.165) is 0 Å². The molecule has 5 aliphatic rings. The highest BCUT2D eigenvalue weighted by atomic mass is 16.7. The van der Waals surface area contributed by atoms with Crippen molar-refractivity contribution in [3.63, 3.8) is 0 Å². The van der Waals surface area contributed by atoms with Gasteiger partial charge in [-0.15, -0.1) is 0 Å². The Morgan fingerprint density at radius 2 is 1.09 bits per heavy atom. The first-order chi connectivity index (χ1) is 20.4. The third-order valence-electron chi connectivity index (χ3n) is 9.77. The summed E-state index contributed by atoms with van der Waals surface area (Å²) in [5.74, 6) is -0.806. The molecule has 11 N–H and O–H groups in total. The molecule has 16 heteroatoms. The summed E-state index contributed by atoms with van der Waals surface area (Å²) in [7, 11) is 0. The lowest BCUT2D eigenvalue weighted by Gasteiger charge is -2.52. The number of aliphatic hydroxyl groups is 11. The maximum absolute atomic E-state index is 10.7.